The highest BCUT2D eigenvalue weighted by Crippen LogP contribution is 2.29. The summed E-state index contributed by atoms with van der Waals surface area (Å²) in [5.74, 6) is 0.494. The predicted molar refractivity (Wildman–Crippen MR) is 70.3 cm³/mol. The molecular weight excluding hydrogens is 213 g/mol. The lowest BCUT2D eigenvalue weighted by atomic mass is 9.78. The molecule has 0 saturated carbocycles. The van der Waals surface area contributed by atoms with Crippen LogP contribution < -0.4 is 11.2 Å². The van der Waals surface area contributed by atoms with Crippen LogP contribution in [0.15, 0.2) is 18.2 Å². The standard InChI is InChI=1S/C13H20BNO2/c1-9(2)10-5-6-12-11(8-10)13(4-3-7-15)17-14(12)16/h5-6,8-9,13,16H,3-4,7,15H2,1-2H3. The summed E-state index contributed by atoms with van der Waals surface area (Å²) in [7, 11) is -0.769. The van der Waals surface area contributed by atoms with Crippen LogP contribution in [-0.2, 0) is 4.65 Å². The molecule has 0 bridgehead atoms. The van der Waals surface area contributed by atoms with Crippen molar-refractivity contribution >= 4 is 12.6 Å². The second kappa shape index (κ2) is 5.21. The second-order valence-electron chi connectivity index (χ2n) is 4.95. The highest BCUT2D eigenvalue weighted by atomic mass is 16.5. The Morgan fingerprint density at radius 3 is 2.88 bits per heavy atom. The van der Waals surface area contributed by atoms with E-state index in [0.29, 0.717) is 12.5 Å². The van der Waals surface area contributed by atoms with Crippen molar-refractivity contribution in [1.29, 1.82) is 0 Å². The molecular formula is C13H20BNO2. The number of benzene rings is 1. The molecule has 0 amide bonds. The molecule has 1 heterocycles. The maximum absolute atomic E-state index is 9.83. The zero-order valence-electron chi connectivity index (χ0n) is 10.5. The summed E-state index contributed by atoms with van der Waals surface area (Å²) >= 11 is 0. The van der Waals surface area contributed by atoms with E-state index >= 15 is 0 Å². The highest BCUT2D eigenvalue weighted by Gasteiger charge is 2.34. The molecule has 3 nitrogen and oxygen atoms in total. The van der Waals surface area contributed by atoms with Gasteiger partial charge in [0.2, 0.25) is 0 Å². The van der Waals surface area contributed by atoms with Crippen molar-refractivity contribution in [2.75, 3.05) is 6.54 Å². The molecule has 2 rings (SSSR count). The minimum atomic E-state index is -0.769. The van der Waals surface area contributed by atoms with Crippen molar-refractivity contribution in [3.8, 4) is 0 Å². The van der Waals surface area contributed by atoms with Gasteiger partial charge in [-0.25, -0.2) is 0 Å². The average molecular weight is 233 g/mol. The van der Waals surface area contributed by atoms with Crippen molar-refractivity contribution in [2.24, 2.45) is 5.73 Å². The number of nitrogens with two attached hydrogens (primary N) is 1. The van der Waals surface area contributed by atoms with Crippen LogP contribution >= 0.6 is 0 Å². The van der Waals surface area contributed by atoms with Gasteiger partial charge in [-0.15, -0.1) is 0 Å². The Balaban J connectivity index is 2.26. The van der Waals surface area contributed by atoms with Gasteiger partial charge in [0.15, 0.2) is 0 Å². The van der Waals surface area contributed by atoms with Gasteiger partial charge in [0, 0.05) is 0 Å². The Morgan fingerprint density at radius 2 is 2.24 bits per heavy atom. The van der Waals surface area contributed by atoms with Gasteiger partial charge in [-0.2, -0.15) is 0 Å². The Kier molecular flexibility index (Phi) is 3.87. The van der Waals surface area contributed by atoms with E-state index in [2.05, 4.69) is 26.0 Å². The Morgan fingerprint density at radius 1 is 1.47 bits per heavy atom. The first-order valence-corrected chi connectivity index (χ1v) is 6.30. The van der Waals surface area contributed by atoms with Crippen molar-refractivity contribution < 1.29 is 9.68 Å². The van der Waals surface area contributed by atoms with Crippen molar-refractivity contribution in [1.82, 2.24) is 0 Å². The van der Waals surface area contributed by atoms with Crippen LogP contribution in [0.25, 0.3) is 0 Å². The highest BCUT2D eigenvalue weighted by molar-refractivity contribution is 6.61. The zero-order valence-corrected chi connectivity index (χ0v) is 10.5. The second-order valence-corrected chi connectivity index (χ2v) is 4.95. The molecule has 0 spiro atoms. The van der Waals surface area contributed by atoms with E-state index in [0.717, 1.165) is 23.9 Å². The quantitative estimate of drug-likeness (QED) is 0.771. The lowest BCUT2D eigenvalue weighted by Gasteiger charge is -2.13. The van der Waals surface area contributed by atoms with Crippen LogP contribution in [0, 0.1) is 0 Å². The van der Waals surface area contributed by atoms with Gasteiger partial charge in [-0.05, 0) is 41.9 Å². The molecule has 1 unspecified atom stereocenters. The van der Waals surface area contributed by atoms with Gasteiger partial charge in [-0.3, -0.25) is 0 Å². The van der Waals surface area contributed by atoms with E-state index in [-0.39, 0.29) is 6.10 Å². The lowest BCUT2D eigenvalue weighted by molar-refractivity contribution is 0.179. The fourth-order valence-corrected chi connectivity index (χ4v) is 2.29. The van der Waals surface area contributed by atoms with E-state index in [4.69, 9.17) is 10.4 Å². The molecule has 17 heavy (non-hydrogen) atoms. The monoisotopic (exact) mass is 233 g/mol. The first-order chi connectivity index (χ1) is 8.13. The van der Waals surface area contributed by atoms with Gasteiger partial charge in [0.25, 0.3) is 0 Å². The molecule has 1 aromatic rings. The molecule has 0 saturated heterocycles. The van der Waals surface area contributed by atoms with Gasteiger partial charge in [-0.1, -0.05) is 32.0 Å². The third-order valence-electron chi connectivity index (χ3n) is 3.35. The zero-order chi connectivity index (χ0) is 12.4. The third-order valence-corrected chi connectivity index (χ3v) is 3.35. The minimum Gasteiger partial charge on any atom is -0.423 e. The summed E-state index contributed by atoms with van der Waals surface area (Å²) in [6.07, 6.45) is 1.80. The molecule has 1 aromatic carbocycles. The van der Waals surface area contributed by atoms with Gasteiger partial charge in [0.1, 0.15) is 0 Å². The number of hydrogen-bond donors (Lipinski definition) is 2. The summed E-state index contributed by atoms with van der Waals surface area (Å²) in [4.78, 5) is 0. The fourth-order valence-electron chi connectivity index (χ4n) is 2.29. The van der Waals surface area contributed by atoms with Gasteiger partial charge >= 0.3 is 7.12 Å². The molecule has 1 aliphatic rings. The fraction of sp³-hybridized carbons (Fsp3) is 0.538. The summed E-state index contributed by atoms with van der Waals surface area (Å²) in [5.41, 5.74) is 8.86. The van der Waals surface area contributed by atoms with Crippen LogP contribution in [0.1, 0.15) is 49.8 Å². The molecule has 0 aliphatic carbocycles. The molecule has 0 aromatic heterocycles. The smallest absolute Gasteiger partial charge is 0.423 e. The summed E-state index contributed by atoms with van der Waals surface area (Å²) < 4.78 is 5.57. The number of fused-ring (bicyclic) bond motifs is 1. The average Bonchev–Trinajstić information content (AvgIpc) is 2.63. The third kappa shape index (κ3) is 2.54. The van der Waals surface area contributed by atoms with E-state index in [9.17, 15) is 5.02 Å². The summed E-state index contributed by atoms with van der Waals surface area (Å²) in [6.45, 7) is 5.00. The predicted octanol–water partition coefficient (Wildman–Crippen LogP) is 1.31. The number of hydrogen-bond acceptors (Lipinski definition) is 3. The largest absolute Gasteiger partial charge is 0.491 e. The SMILES string of the molecule is CC(C)c1ccc2c(c1)C(CCCN)OB2O. The topological polar surface area (TPSA) is 55.5 Å². The van der Waals surface area contributed by atoms with Crippen LogP contribution in [-0.4, -0.2) is 18.7 Å². The van der Waals surface area contributed by atoms with Crippen molar-refractivity contribution in [3.05, 3.63) is 29.3 Å². The van der Waals surface area contributed by atoms with Crippen LogP contribution in [0.4, 0.5) is 0 Å². The normalized spacial score (nSPS) is 18.9. The van der Waals surface area contributed by atoms with Crippen LogP contribution in [0.5, 0.6) is 0 Å². The van der Waals surface area contributed by atoms with Crippen LogP contribution in [0.3, 0.4) is 0 Å². The molecule has 0 fully saturated rings. The Bertz CT molecular complexity index is 395. The first kappa shape index (κ1) is 12.6. The molecule has 1 atom stereocenters. The van der Waals surface area contributed by atoms with Crippen molar-refractivity contribution in [3.63, 3.8) is 0 Å². The Hall–Kier alpha value is -0.835. The maximum atomic E-state index is 9.83. The summed E-state index contributed by atoms with van der Waals surface area (Å²) in [5, 5.41) is 9.83. The van der Waals surface area contributed by atoms with E-state index in [1.807, 2.05) is 6.07 Å². The molecule has 3 N–H and O–H groups in total. The number of rotatable bonds is 4. The van der Waals surface area contributed by atoms with E-state index in [1.54, 1.807) is 0 Å². The van der Waals surface area contributed by atoms with Gasteiger partial charge < -0.3 is 15.4 Å². The van der Waals surface area contributed by atoms with E-state index < -0.39 is 7.12 Å². The molecule has 1 aliphatic heterocycles. The maximum Gasteiger partial charge on any atom is 0.491 e. The molecule has 4 heteroatoms. The van der Waals surface area contributed by atoms with E-state index in [1.165, 1.54) is 5.56 Å². The molecule has 0 radical (unpaired) electrons. The first-order valence-electron chi connectivity index (χ1n) is 6.30. The Labute approximate surface area is 103 Å². The minimum absolute atomic E-state index is 0.00208. The molecule has 92 valence electrons. The lowest BCUT2D eigenvalue weighted by Crippen LogP contribution is -2.27. The summed E-state index contributed by atoms with van der Waals surface area (Å²) in [6, 6.07) is 6.22. The van der Waals surface area contributed by atoms with Crippen LogP contribution in [0.2, 0.25) is 0 Å². The van der Waals surface area contributed by atoms with Crippen molar-refractivity contribution in [2.45, 2.75) is 38.7 Å². The van der Waals surface area contributed by atoms with Gasteiger partial charge in [0.05, 0.1) is 6.10 Å².